The Bertz CT molecular complexity index is 232. The average molecular weight is 152 g/mol. The van der Waals surface area contributed by atoms with Crippen LogP contribution < -0.4 is 0 Å². The van der Waals surface area contributed by atoms with Crippen molar-refractivity contribution in [3.8, 4) is 0 Å². The van der Waals surface area contributed by atoms with Gasteiger partial charge in [-0.05, 0) is 5.57 Å². The molecule has 1 aliphatic carbocycles. The van der Waals surface area contributed by atoms with E-state index in [1.54, 1.807) is 6.08 Å². The number of aliphatic hydroxyl groups is 1. The van der Waals surface area contributed by atoms with Crippen LogP contribution in [0.25, 0.3) is 5.32 Å². The Balaban J connectivity index is 2.91. The second-order valence-electron chi connectivity index (χ2n) is 2.47. The van der Waals surface area contributed by atoms with E-state index in [1.165, 1.54) is 13.1 Å². The Morgan fingerprint density at radius 1 is 1.91 bits per heavy atom. The lowest BCUT2D eigenvalue weighted by Gasteiger charge is -2.30. The Kier molecular flexibility index (Phi) is 1.93. The zero-order valence-corrected chi connectivity index (χ0v) is 6.37. The van der Waals surface area contributed by atoms with E-state index in [2.05, 4.69) is 11.9 Å². The number of carbonyl (C=O) groups is 1. The highest BCUT2D eigenvalue weighted by molar-refractivity contribution is 5.96. The maximum absolute atomic E-state index is 11.1. The largest absolute Gasteiger partial charge is 0.627 e. The molecule has 0 fully saturated rings. The summed E-state index contributed by atoms with van der Waals surface area (Å²) in [5.74, 6) is -0.282. The van der Waals surface area contributed by atoms with Crippen molar-refractivity contribution in [2.45, 2.75) is 12.1 Å². The molecule has 0 heterocycles. The molecule has 0 saturated carbocycles. The summed E-state index contributed by atoms with van der Waals surface area (Å²) in [7, 11) is 1.42. The van der Waals surface area contributed by atoms with Crippen LogP contribution in [0.1, 0.15) is 6.42 Å². The van der Waals surface area contributed by atoms with Gasteiger partial charge in [0.1, 0.15) is 0 Å². The molecular formula is C8H10NO2-. The van der Waals surface area contributed by atoms with Gasteiger partial charge in [-0.25, -0.2) is 0 Å². The van der Waals surface area contributed by atoms with Gasteiger partial charge in [0.25, 0.3) is 0 Å². The second-order valence-corrected chi connectivity index (χ2v) is 2.47. The molecule has 0 radical (unpaired) electrons. The highest BCUT2D eigenvalue weighted by Crippen LogP contribution is 2.28. The molecule has 0 bridgehead atoms. The van der Waals surface area contributed by atoms with Crippen LogP contribution in [0.4, 0.5) is 0 Å². The second kappa shape index (κ2) is 2.60. The molecule has 3 nitrogen and oxygen atoms in total. The monoisotopic (exact) mass is 152 g/mol. The van der Waals surface area contributed by atoms with Crippen molar-refractivity contribution in [2.24, 2.45) is 0 Å². The van der Waals surface area contributed by atoms with Crippen molar-refractivity contribution >= 4 is 5.78 Å². The van der Waals surface area contributed by atoms with Crippen molar-refractivity contribution in [2.75, 3.05) is 7.05 Å². The molecule has 0 amide bonds. The van der Waals surface area contributed by atoms with Crippen molar-refractivity contribution in [3.63, 3.8) is 0 Å². The lowest BCUT2D eigenvalue weighted by molar-refractivity contribution is -0.128. The van der Waals surface area contributed by atoms with Crippen LogP contribution in [0.2, 0.25) is 0 Å². The molecule has 0 aromatic carbocycles. The van der Waals surface area contributed by atoms with Gasteiger partial charge in [-0.3, -0.25) is 4.79 Å². The quantitative estimate of drug-likeness (QED) is 0.635. The van der Waals surface area contributed by atoms with E-state index in [1.807, 2.05) is 0 Å². The van der Waals surface area contributed by atoms with Crippen molar-refractivity contribution in [1.29, 1.82) is 0 Å². The summed E-state index contributed by atoms with van der Waals surface area (Å²) < 4.78 is 0. The van der Waals surface area contributed by atoms with E-state index in [0.717, 1.165) is 5.57 Å². The summed E-state index contributed by atoms with van der Waals surface area (Å²) in [5.41, 5.74) is -0.841. The summed E-state index contributed by atoms with van der Waals surface area (Å²) in [6.45, 7) is 3.50. The van der Waals surface area contributed by atoms with Crippen molar-refractivity contribution in [1.82, 2.24) is 0 Å². The first-order valence-corrected chi connectivity index (χ1v) is 3.33. The molecule has 0 unspecified atom stereocenters. The summed E-state index contributed by atoms with van der Waals surface area (Å²) in [6, 6.07) is 0. The highest BCUT2D eigenvalue weighted by Gasteiger charge is 2.28. The fourth-order valence-corrected chi connectivity index (χ4v) is 1.03. The van der Waals surface area contributed by atoms with E-state index in [-0.39, 0.29) is 12.2 Å². The first-order valence-electron chi connectivity index (χ1n) is 3.33. The molecule has 1 aliphatic rings. The van der Waals surface area contributed by atoms with Gasteiger partial charge in [0.2, 0.25) is 0 Å². The summed E-state index contributed by atoms with van der Waals surface area (Å²) in [6.07, 6.45) is 3.22. The zero-order chi connectivity index (χ0) is 8.48. The smallest absolute Gasteiger partial charge is 0.151 e. The van der Waals surface area contributed by atoms with Gasteiger partial charge in [0.15, 0.2) is 5.78 Å². The third-order valence-corrected chi connectivity index (χ3v) is 1.76. The van der Waals surface area contributed by atoms with Crippen LogP contribution in [-0.4, -0.2) is 23.7 Å². The summed E-state index contributed by atoms with van der Waals surface area (Å²) in [4.78, 5) is 11.1. The molecule has 1 atom stereocenters. The summed E-state index contributed by atoms with van der Waals surface area (Å²) in [5, 5.41) is 13.0. The lowest BCUT2D eigenvalue weighted by atomic mass is 10.2. The Morgan fingerprint density at radius 3 is 2.82 bits per heavy atom. The molecule has 0 aliphatic heterocycles. The number of rotatable bonds is 2. The molecule has 11 heavy (non-hydrogen) atoms. The minimum atomic E-state index is -1.58. The van der Waals surface area contributed by atoms with Crippen LogP contribution in [0.3, 0.4) is 0 Å². The fourth-order valence-electron chi connectivity index (χ4n) is 1.03. The van der Waals surface area contributed by atoms with Crippen LogP contribution in [-0.2, 0) is 4.79 Å². The Hall–Kier alpha value is -0.930. The average Bonchev–Trinajstić information content (AvgIpc) is 2.29. The van der Waals surface area contributed by atoms with E-state index in [4.69, 9.17) is 0 Å². The SMILES string of the molecule is C=CC1=C[C@@](O)([N-]C)C(=O)C1. The molecule has 0 aromatic heterocycles. The topological polar surface area (TPSA) is 51.4 Å². The normalized spacial score (nSPS) is 30.4. The van der Waals surface area contributed by atoms with E-state index in [9.17, 15) is 9.90 Å². The van der Waals surface area contributed by atoms with E-state index in [0.29, 0.717) is 0 Å². The number of hydrogen-bond acceptors (Lipinski definition) is 2. The molecule has 0 aromatic rings. The van der Waals surface area contributed by atoms with E-state index >= 15 is 0 Å². The van der Waals surface area contributed by atoms with Crippen LogP contribution in [0.5, 0.6) is 0 Å². The van der Waals surface area contributed by atoms with Gasteiger partial charge in [-0.1, -0.05) is 18.7 Å². The highest BCUT2D eigenvalue weighted by atomic mass is 16.3. The van der Waals surface area contributed by atoms with Gasteiger partial charge >= 0.3 is 0 Å². The third-order valence-electron chi connectivity index (χ3n) is 1.76. The number of hydrogen-bond donors (Lipinski definition) is 1. The third kappa shape index (κ3) is 1.25. The Labute approximate surface area is 65.4 Å². The zero-order valence-electron chi connectivity index (χ0n) is 6.37. The maximum Gasteiger partial charge on any atom is 0.151 e. The lowest BCUT2D eigenvalue weighted by Crippen LogP contribution is -2.30. The number of allylic oxidation sites excluding steroid dienone is 2. The predicted molar refractivity (Wildman–Crippen MR) is 42.1 cm³/mol. The number of likely N-dealkylation sites (N-methyl/N-ethyl adjacent to an activating group) is 1. The van der Waals surface area contributed by atoms with Gasteiger partial charge in [-0.2, -0.15) is 7.05 Å². The first kappa shape index (κ1) is 8.17. The number of carbonyl (C=O) groups excluding carboxylic acids is 1. The van der Waals surface area contributed by atoms with Gasteiger partial charge in [0.05, 0.1) is 5.72 Å². The Morgan fingerprint density at radius 2 is 2.55 bits per heavy atom. The number of ketones is 1. The molecule has 0 spiro atoms. The molecule has 3 heteroatoms. The van der Waals surface area contributed by atoms with Crippen LogP contribution in [0, 0.1) is 0 Å². The predicted octanol–water partition coefficient (Wildman–Crippen LogP) is 0.764. The first-order chi connectivity index (χ1) is 5.12. The minimum Gasteiger partial charge on any atom is -0.627 e. The van der Waals surface area contributed by atoms with Gasteiger partial charge in [0, 0.05) is 6.42 Å². The maximum atomic E-state index is 11.1. The van der Waals surface area contributed by atoms with Crippen molar-refractivity contribution in [3.05, 3.63) is 29.6 Å². The molecule has 1 N–H and O–H groups in total. The molecule has 0 saturated heterocycles. The minimum absolute atomic E-state index is 0.233. The molecular weight excluding hydrogens is 142 g/mol. The van der Waals surface area contributed by atoms with Crippen LogP contribution >= 0.6 is 0 Å². The number of nitrogens with zero attached hydrogens (tertiary/aromatic N) is 1. The standard InChI is InChI=1S/C8H10NO2/c1-3-6-4-7(10)8(11,5-6)9-2/h3,5,11H,1,4H2,2H3/q-1/t8-/m0/s1. The fraction of sp³-hybridized carbons (Fsp3) is 0.375. The van der Waals surface area contributed by atoms with E-state index < -0.39 is 5.72 Å². The van der Waals surface area contributed by atoms with Crippen molar-refractivity contribution < 1.29 is 9.90 Å². The van der Waals surface area contributed by atoms with Gasteiger partial charge in [-0.15, -0.1) is 0 Å². The molecule has 60 valence electrons. The summed E-state index contributed by atoms with van der Waals surface area (Å²) >= 11 is 0. The molecule has 1 rings (SSSR count). The van der Waals surface area contributed by atoms with Crippen LogP contribution in [0.15, 0.2) is 24.3 Å². The number of Topliss-reactive ketones (excluding diaryl/α,β-unsaturated/α-hetero) is 1. The van der Waals surface area contributed by atoms with Gasteiger partial charge < -0.3 is 10.4 Å².